The lowest BCUT2D eigenvalue weighted by molar-refractivity contribution is 0.0329. The third-order valence-corrected chi connectivity index (χ3v) is 4.03. The van der Waals surface area contributed by atoms with Gasteiger partial charge in [0.25, 0.3) is 0 Å². The van der Waals surface area contributed by atoms with Crippen molar-refractivity contribution in [1.29, 1.82) is 0 Å². The molecule has 0 heterocycles. The largest absolute Gasteiger partial charge is 0.497 e. The van der Waals surface area contributed by atoms with Crippen molar-refractivity contribution < 1.29 is 14.6 Å². The zero-order chi connectivity index (χ0) is 13.9. The molecule has 19 heavy (non-hydrogen) atoms. The van der Waals surface area contributed by atoms with E-state index in [2.05, 4.69) is 6.58 Å². The zero-order valence-electron chi connectivity index (χ0n) is 11.7. The molecule has 3 heteroatoms. The van der Waals surface area contributed by atoms with Crippen molar-refractivity contribution in [3.63, 3.8) is 0 Å². The van der Waals surface area contributed by atoms with Crippen LogP contribution in [0.5, 0.6) is 11.5 Å². The normalized spacial score (nSPS) is 26.2. The van der Waals surface area contributed by atoms with E-state index in [0.717, 1.165) is 36.3 Å². The average Bonchev–Trinajstić information content (AvgIpc) is 2.80. The minimum absolute atomic E-state index is 0.120. The van der Waals surface area contributed by atoms with E-state index in [9.17, 15) is 5.11 Å². The molecular formula is C16H22O3. The van der Waals surface area contributed by atoms with Gasteiger partial charge in [0.05, 0.1) is 19.8 Å². The summed E-state index contributed by atoms with van der Waals surface area (Å²) in [6.07, 6.45) is 5.27. The predicted molar refractivity (Wildman–Crippen MR) is 75.9 cm³/mol. The molecule has 0 radical (unpaired) electrons. The molecular weight excluding hydrogens is 240 g/mol. The highest BCUT2D eigenvalue weighted by molar-refractivity contribution is 5.41. The molecule has 0 aromatic heterocycles. The highest BCUT2D eigenvalue weighted by Gasteiger charge is 2.41. The van der Waals surface area contributed by atoms with Gasteiger partial charge >= 0.3 is 0 Å². The van der Waals surface area contributed by atoms with Gasteiger partial charge in [0, 0.05) is 12.0 Å². The summed E-state index contributed by atoms with van der Waals surface area (Å²) in [5.41, 5.74) is 0.400. The molecule has 1 aliphatic carbocycles. The number of hydrogen-bond donors (Lipinski definition) is 1. The SMILES string of the molecule is C=CC[C@@]1(O)CCC[C@@H]1c1cc(OC)cc(OC)c1. The molecule has 0 bridgehead atoms. The van der Waals surface area contributed by atoms with Crippen LogP contribution in [0, 0.1) is 0 Å². The minimum atomic E-state index is -0.681. The summed E-state index contributed by atoms with van der Waals surface area (Å²) < 4.78 is 10.6. The Morgan fingerprint density at radius 3 is 2.47 bits per heavy atom. The maximum Gasteiger partial charge on any atom is 0.122 e. The van der Waals surface area contributed by atoms with Gasteiger partial charge in [-0.15, -0.1) is 6.58 Å². The number of methoxy groups -OCH3 is 2. The number of aliphatic hydroxyl groups is 1. The molecule has 0 unspecified atom stereocenters. The molecule has 1 saturated carbocycles. The Bertz CT molecular complexity index is 433. The van der Waals surface area contributed by atoms with E-state index < -0.39 is 5.60 Å². The fourth-order valence-electron chi connectivity index (χ4n) is 3.06. The monoisotopic (exact) mass is 262 g/mol. The quantitative estimate of drug-likeness (QED) is 0.828. The third-order valence-electron chi connectivity index (χ3n) is 4.03. The Hall–Kier alpha value is -1.48. The first-order chi connectivity index (χ1) is 9.12. The number of benzene rings is 1. The van der Waals surface area contributed by atoms with Crippen molar-refractivity contribution >= 4 is 0 Å². The Morgan fingerprint density at radius 2 is 1.95 bits per heavy atom. The summed E-state index contributed by atoms with van der Waals surface area (Å²) in [6, 6.07) is 5.84. The topological polar surface area (TPSA) is 38.7 Å². The smallest absolute Gasteiger partial charge is 0.122 e. The second-order valence-corrected chi connectivity index (χ2v) is 5.19. The van der Waals surface area contributed by atoms with Crippen molar-refractivity contribution in [2.45, 2.75) is 37.2 Å². The number of ether oxygens (including phenoxy) is 2. The summed E-state index contributed by atoms with van der Waals surface area (Å²) in [7, 11) is 3.28. The van der Waals surface area contributed by atoms with Crippen LogP contribution in [0.3, 0.4) is 0 Å². The standard InChI is InChI=1S/C16H22O3/c1-4-7-16(17)8-5-6-15(16)12-9-13(18-2)11-14(10-12)19-3/h4,9-11,15,17H,1,5-8H2,2-3H3/t15-,16-/m1/s1. The Kier molecular flexibility index (Phi) is 4.15. The van der Waals surface area contributed by atoms with Crippen molar-refractivity contribution in [1.82, 2.24) is 0 Å². The first kappa shape index (κ1) is 13.9. The molecule has 1 N–H and O–H groups in total. The molecule has 1 aliphatic rings. The van der Waals surface area contributed by atoms with Gasteiger partial charge in [-0.2, -0.15) is 0 Å². The van der Waals surface area contributed by atoms with Gasteiger partial charge in [-0.1, -0.05) is 6.08 Å². The summed E-state index contributed by atoms with van der Waals surface area (Å²) in [5, 5.41) is 10.8. The maximum atomic E-state index is 10.8. The van der Waals surface area contributed by atoms with E-state index in [1.54, 1.807) is 20.3 Å². The van der Waals surface area contributed by atoms with E-state index in [1.165, 1.54) is 0 Å². The molecule has 1 fully saturated rings. The molecule has 1 aromatic carbocycles. The summed E-state index contributed by atoms with van der Waals surface area (Å²) in [6.45, 7) is 3.76. The van der Waals surface area contributed by atoms with Crippen molar-refractivity contribution in [3.05, 3.63) is 36.4 Å². The fourth-order valence-corrected chi connectivity index (χ4v) is 3.06. The Balaban J connectivity index is 2.37. The molecule has 0 amide bonds. The molecule has 104 valence electrons. The van der Waals surface area contributed by atoms with Crippen LogP contribution in [-0.2, 0) is 0 Å². The first-order valence-electron chi connectivity index (χ1n) is 6.69. The lowest BCUT2D eigenvalue weighted by atomic mass is 9.82. The van der Waals surface area contributed by atoms with Crippen LogP contribution in [0.4, 0.5) is 0 Å². The van der Waals surface area contributed by atoms with E-state index in [-0.39, 0.29) is 5.92 Å². The Morgan fingerprint density at radius 1 is 1.32 bits per heavy atom. The highest BCUT2D eigenvalue weighted by atomic mass is 16.5. The molecule has 3 nitrogen and oxygen atoms in total. The average molecular weight is 262 g/mol. The number of rotatable bonds is 5. The van der Waals surface area contributed by atoms with Gasteiger partial charge in [-0.25, -0.2) is 0 Å². The van der Waals surface area contributed by atoms with Gasteiger partial charge < -0.3 is 14.6 Å². The minimum Gasteiger partial charge on any atom is -0.497 e. The van der Waals surface area contributed by atoms with Crippen LogP contribution in [0.15, 0.2) is 30.9 Å². The van der Waals surface area contributed by atoms with E-state index >= 15 is 0 Å². The van der Waals surface area contributed by atoms with Crippen LogP contribution < -0.4 is 9.47 Å². The third kappa shape index (κ3) is 2.76. The predicted octanol–water partition coefficient (Wildman–Crippen LogP) is 3.28. The van der Waals surface area contributed by atoms with E-state index in [1.807, 2.05) is 18.2 Å². The van der Waals surface area contributed by atoms with Crippen molar-refractivity contribution in [3.8, 4) is 11.5 Å². The second kappa shape index (κ2) is 5.66. The maximum absolute atomic E-state index is 10.8. The van der Waals surface area contributed by atoms with Gasteiger partial charge in [-0.05, 0) is 43.4 Å². The highest BCUT2D eigenvalue weighted by Crippen LogP contribution is 2.46. The first-order valence-corrected chi connectivity index (χ1v) is 6.69. The summed E-state index contributed by atoms with van der Waals surface area (Å²) in [5.74, 6) is 1.65. The van der Waals surface area contributed by atoms with Crippen LogP contribution in [-0.4, -0.2) is 24.9 Å². The van der Waals surface area contributed by atoms with E-state index in [4.69, 9.17) is 9.47 Å². The van der Waals surface area contributed by atoms with Crippen LogP contribution in [0.1, 0.15) is 37.2 Å². The zero-order valence-corrected chi connectivity index (χ0v) is 11.7. The van der Waals surface area contributed by atoms with Crippen molar-refractivity contribution in [2.24, 2.45) is 0 Å². The summed E-state index contributed by atoms with van der Waals surface area (Å²) >= 11 is 0. The van der Waals surface area contributed by atoms with Gasteiger partial charge in [0.15, 0.2) is 0 Å². The van der Waals surface area contributed by atoms with Crippen LogP contribution >= 0.6 is 0 Å². The van der Waals surface area contributed by atoms with Crippen molar-refractivity contribution in [2.75, 3.05) is 14.2 Å². The fraction of sp³-hybridized carbons (Fsp3) is 0.500. The molecule has 0 aliphatic heterocycles. The van der Waals surface area contributed by atoms with Gasteiger partial charge in [0.2, 0.25) is 0 Å². The molecule has 1 aromatic rings. The second-order valence-electron chi connectivity index (χ2n) is 5.19. The van der Waals surface area contributed by atoms with Crippen LogP contribution in [0.25, 0.3) is 0 Å². The Labute approximate surface area is 114 Å². The summed E-state index contributed by atoms with van der Waals surface area (Å²) in [4.78, 5) is 0. The molecule has 0 spiro atoms. The lowest BCUT2D eigenvalue weighted by Crippen LogP contribution is -2.30. The molecule has 2 atom stereocenters. The number of hydrogen-bond acceptors (Lipinski definition) is 3. The van der Waals surface area contributed by atoms with Gasteiger partial charge in [0.1, 0.15) is 11.5 Å². The van der Waals surface area contributed by atoms with Gasteiger partial charge in [-0.3, -0.25) is 0 Å². The van der Waals surface area contributed by atoms with Crippen LogP contribution in [0.2, 0.25) is 0 Å². The van der Waals surface area contributed by atoms with E-state index in [0.29, 0.717) is 6.42 Å². The lowest BCUT2D eigenvalue weighted by Gasteiger charge is -2.29. The molecule has 0 saturated heterocycles. The molecule has 2 rings (SSSR count).